The van der Waals surface area contributed by atoms with Crippen LogP contribution < -0.4 is 0 Å². The average Bonchev–Trinajstić information content (AvgIpc) is 3.70. The van der Waals surface area contributed by atoms with Crippen molar-refractivity contribution < 1.29 is 83.9 Å². The van der Waals surface area contributed by atoms with Gasteiger partial charge in [-0.15, -0.1) is 0 Å². The normalized spacial score (nSPS) is 58.9. The largest absolute Gasteiger partial charge is 0.394 e. The van der Waals surface area contributed by atoms with Crippen molar-refractivity contribution in [1.29, 1.82) is 0 Å². The minimum absolute atomic E-state index is 0.125. The second-order valence-corrected chi connectivity index (χ2v) is 21.5. The molecular formula is C45H74O17. The van der Waals surface area contributed by atoms with Gasteiger partial charge in [-0.1, -0.05) is 27.7 Å². The molecule has 0 aromatic carbocycles. The van der Waals surface area contributed by atoms with Crippen LogP contribution in [0.15, 0.2) is 0 Å². The number of fused-ring (bicyclic) bond motifs is 7. The molecule has 9 N–H and O–H groups in total. The zero-order chi connectivity index (χ0) is 44.2. The van der Waals surface area contributed by atoms with Crippen LogP contribution in [0.5, 0.6) is 0 Å². The molecule has 1 spiro atoms. The first kappa shape index (κ1) is 46.4. The van der Waals surface area contributed by atoms with Crippen molar-refractivity contribution in [1.82, 2.24) is 0 Å². The van der Waals surface area contributed by atoms with Crippen LogP contribution in [-0.2, 0) is 37.9 Å². The van der Waals surface area contributed by atoms with Gasteiger partial charge in [-0.3, -0.25) is 0 Å². The predicted octanol–water partition coefficient (Wildman–Crippen LogP) is 0.294. The third kappa shape index (κ3) is 7.66. The summed E-state index contributed by atoms with van der Waals surface area (Å²) in [6.45, 7) is 10.8. The zero-order valence-electron chi connectivity index (χ0n) is 36.8. The number of hydrogen-bond donors (Lipinski definition) is 9. The first-order valence-electron chi connectivity index (χ1n) is 23.7. The summed E-state index contributed by atoms with van der Waals surface area (Å²) in [6, 6.07) is 0. The maximum atomic E-state index is 11.6. The van der Waals surface area contributed by atoms with Crippen LogP contribution in [0.25, 0.3) is 0 Å². The van der Waals surface area contributed by atoms with E-state index in [2.05, 4.69) is 27.7 Å². The molecule has 9 aliphatic rings. The molecule has 0 radical (unpaired) electrons. The van der Waals surface area contributed by atoms with E-state index in [-0.39, 0.29) is 23.0 Å². The third-order valence-electron chi connectivity index (χ3n) is 18.2. The van der Waals surface area contributed by atoms with E-state index in [9.17, 15) is 46.0 Å². The van der Waals surface area contributed by atoms with Gasteiger partial charge < -0.3 is 83.9 Å². The van der Waals surface area contributed by atoms with Gasteiger partial charge >= 0.3 is 0 Å². The zero-order valence-corrected chi connectivity index (χ0v) is 36.8. The molecule has 17 nitrogen and oxygen atoms in total. The minimum Gasteiger partial charge on any atom is -0.394 e. The van der Waals surface area contributed by atoms with Crippen molar-refractivity contribution in [2.24, 2.45) is 52.3 Å². The number of rotatable bonds is 8. The van der Waals surface area contributed by atoms with Crippen molar-refractivity contribution in [2.75, 3.05) is 19.8 Å². The molecule has 0 bridgehead atoms. The van der Waals surface area contributed by atoms with Crippen LogP contribution in [0.2, 0.25) is 0 Å². The van der Waals surface area contributed by atoms with Gasteiger partial charge in [0.25, 0.3) is 0 Å². The first-order valence-corrected chi connectivity index (χ1v) is 23.7. The van der Waals surface area contributed by atoms with Gasteiger partial charge in [0.15, 0.2) is 24.7 Å². The molecule has 9 rings (SSSR count). The maximum absolute atomic E-state index is 11.6. The molecule has 9 fully saturated rings. The summed E-state index contributed by atoms with van der Waals surface area (Å²) >= 11 is 0. The van der Waals surface area contributed by atoms with Crippen LogP contribution in [0.3, 0.4) is 0 Å². The molecule has 0 unspecified atom stereocenters. The summed E-state index contributed by atoms with van der Waals surface area (Å²) in [6.07, 6.45) is -12.3. The fourth-order valence-electron chi connectivity index (χ4n) is 14.5. The van der Waals surface area contributed by atoms with Gasteiger partial charge in [0.05, 0.1) is 38.1 Å². The van der Waals surface area contributed by atoms with Crippen molar-refractivity contribution in [2.45, 2.75) is 209 Å². The van der Waals surface area contributed by atoms with E-state index in [0.717, 1.165) is 58.0 Å². The first-order chi connectivity index (χ1) is 29.4. The number of ether oxygens (including phenoxy) is 8. The third-order valence-corrected chi connectivity index (χ3v) is 18.2. The second kappa shape index (κ2) is 17.4. The summed E-state index contributed by atoms with van der Waals surface area (Å²) in [4.78, 5) is 0. The van der Waals surface area contributed by atoms with Gasteiger partial charge in [-0.05, 0) is 111 Å². The summed E-state index contributed by atoms with van der Waals surface area (Å²) in [7, 11) is 0. The predicted molar refractivity (Wildman–Crippen MR) is 214 cm³/mol. The lowest BCUT2D eigenvalue weighted by molar-refractivity contribution is -0.371. The highest BCUT2D eigenvalue weighted by Gasteiger charge is 2.69. The van der Waals surface area contributed by atoms with Crippen molar-refractivity contribution in [3.05, 3.63) is 0 Å². The molecule has 4 aliphatic carbocycles. The molecule has 5 aliphatic heterocycles. The molecular weight excluding hydrogens is 812 g/mol. The Morgan fingerprint density at radius 2 is 1.29 bits per heavy atom. The Bertz CT molecular complexity index is 1550. The van der Waals surface area contributed by atoms with Crippen LogP contribution in [0.1, 0.15) is 98.8 Å². The van der Waals surface area contributed by atoms with Gasteiger partial charge in [-0.25, -0.2) is 0 Å². The smallest absolute Gasteiger partial charge is 0.187 e. The Morgan fingerprint density at radius 1 is 0.613 bits per heavy atom. The van der Waals surface area contributed by atoms with Crippen LogP contribution >= 0.6 is 0 Å². The Balaban J connectivity index is 0.866. The Kier molecular flexibility index (Phi) is 13.1. The summed E-state index contributed by atoms with van der Waals surface area (Å²) in [5, 5.41) is 95.7. The van der Waals surface area contributed by atoms with E-state index in [0.29, 0.717) is 41.4 Å². The molecule has 62 heavy (non-hydrogen) atoms. The molecule has 5 saturated heterocycles. The lowest BCUT2D eigenvalue weighted by Gasteiger charge is -2.61. The molecule has 356 valence electrons. The van der Waals surface area contributed by atoms with E-state index in [1.54, 1.807) is 0 Å². The molecule has 4 saturated carbocycles. The van der Waals surface area contributed by atoms with E-state index in [1.165, 1.54) is 19.8 Å². The quantitative estimate of drug-likeness (QED) is 0.149. The van der Waals surface area contributed by atoms with Gasteiger partial charge in [0, 0.05) is 12.3 Å². The van der Waals surface area contributed by atoms with Crippen molar-refractivity contribution in [3.8, 4) is 0 Å². The van der Waals surface area contributed by atoms with Crippen LogP contribution in [0, 0.1) is 52.3 Å². The Hall–Kier alpha value is -0.680. The summed E-state index contributed by atoms with van der Waals surface area (Å²) < 4.78 is 49.4. The van der Waals surface area contributed by atoms with E-state index >= 15 is 0 Å². The van der Waals surface area contributed by atoms with Gasteiger partial charge in [0.1, 0.15) is 67.1 Å². The molecule has 27 atom stereocenters. The van der Waals surface area contributed by atoms with Crippen molar-refractivity contribution >= 4 is 0 Å². The molecule has 5 heterocycles. The number of aliphatic hydroxyl groups is 9. The van der Waals surface area contributed by atoms with Crippen LogP contribution in [-0.4, -0.2) is 176 Å². The Labute approximate surface area is 364 Å². The molecule has 0 aromatic heterocycles. The fraction of sp³-hybridized carbons (Fsp3) is 1.00. The molecule has 0 aromatic rings. The highest BCUT2D eigenvalue weighted by Crippen LogP contribution is 2.71. The van der Waals surface area contributed by atoms with Crippen LogP contribution in [0.4, 0.5) is 0 Å². The standard InChI is InChI=1S/C45H74O17/c1-19-8-13-45(56-17-19)20(2)30-27(62-45)15-26-24-7-6-22-14-23(9-11-43(22,4)25(24)10-12-44(26,30)5)58-41-38(54)35(51)39(61-42-37(53)34(50)32(48)28(16-46)59-42)29(60-41)18-55-40-36(52)33(49)31(47)21(3)57-40/h19-42,46-54H,6-18H2,1-5H3/t19-,20-,21+,22+,23-,24-,25+,26+,27-,28+,29+,30-,31+,32+,33-,34-,35+,36+,37+,38+,39+,40+,41+,42-,43-,44-,45-/m1/s1. The minimum atomic E-state index is -1.81. The maximum Gasteiger partial charge on any atom is 0.187 e. The Morgan fingerprint density at radius 3 is 2.02 bits per heavy atom. The van der Waals surface area contributed by atoms with E-state index in [1.807, 2.05) is 0 Å². The van der Waals surface area contributed by atoms with Crippen molar-refractivity contribution in [3.63, 3.8) is 0 Å². The topological polar surface area (TPSA) is 256 Å². The highest BCUT2D eigenvalue weighted by atomic mass is 16.8. The summed E-state index contributed by atoms with van der Waals surface area (Å²) in [5.41, 5.74) is 0.353. The van der Waals surface area contributed by atoms with Gasteiger partial charge in [0.2, 0.25) is 0 Å². The number of aliphatic hydroxyl groups excluding tert-OH is 9. The second-order valence-electron chi connectivity index (χ2n) is 21.5. The highest BCUT2D eigenvalue weighted by molar-refractivity contribution is 5.15. The SMILES string of the molecule is C[C@@H]1CC[C@@]2(OC1)O[C@@H]1C[C@H]3[C@@H]4CC[C@H]5C[C@H](O[C@H]6O[C@@H](CO[C@H]7O[C@@H](C)[C@H](O)[C@@H](O)[C@@H]7O)[C@H](O[C@H]7O[C@@H](CO)[C@H](O)[C@@H](O)[C@@H]7O)[C@@H](O)[C@@H]6O)CC[C@@]5(C)[C@H]4CC[C@@]3(C)[C@@H]1[C@H]2C. The summed E-state index contributed by atoms with van der Waals surface area (Å²) in [5.74, 6) is 3.27. The number of hydrogen-bond acceptors (Lipinski definition) is 17. The lowest BCUT2D eigenvalue weighted by atomic mass is 9.44. The average molecular weight is 887 g/mol. The van der Waals surface area contributed by atoms with Gasteiger partial charge in [-0.2, -0.15) is 0 Å². The van der Waals surface area contributed by atoms with E-state index < -0.39 is 111 Å². The fourth-order valence-corrected chi connectivity index (χ4v) is 14.5. The lowest BCUT2D eigenvalue weighted by Crippen LogP contribution is -2.65. The molecule has 17 heteroatoms. The van der Waals surface area contributed by atoms with E-state index in [4.69, 9.17) is 37.9 Å². The monoisotopic (exact) mass is 886 g/mol. The molecule has 0 amide bonds.